The maximum absolute atomic E-state index is 12.5. The number of thiazole rings is 1. The van der Waals surface area contributed by atoms with Crippen LogP contribution < -0.4 is 14.8 Å². The summed E-state index contributed by atoms with van der Waals surface area (Å²) in [5.41, 5.74) is 1.80. The Bertz CT molecular complexity index is 915. The fourth-order valence-corrected chi connectivity index (χ4v) is 3.23. The highest BCUT2D eigenvalue weighted by molar-refractivity contribution is 7.14. The first-order chi connectivity index (χ1) is 12.6. The second-order valence-corrected chi connectivity index (χ2v) is 6.39. The summed E-state index contributed by atoms with van der Waals surface area (Å²) in [5, 5.41) is 5.38. The zero-order valence-corrected chi connectivity index (χ0v) is 15.7. The molecule has 0 bridgehead atoms. The highest BCUT2D eigenvalue weighted by atomic mass is 35.5. The van der Waals surface area contributed by atoms with Gasteiger partial charge in [-0.25, -0.2) is 4.98 Å². The van der Waals surface area contributed by atoms with Crippen LogP contribution >= 0.6 is 22.9 Å². The molecular weight excluding hydrogens is 374 g/mol. The number of nitrogens with one attached hydrogen (secondary N) is 1. The average Bonchev–Trinajstić information content (AvgIpc) is 3.12. The maximum atomic E-state index is 12.5. The van der Waals surface area contributed by atoms with Crippen LogP contribution in [0.5, 0.6) is 11.5 Å². The molecular formula is C18H16ClN3O3S. The summed E-state index contributed by atoms with van der Waals surface area (Å²) < 4.78 is 10.7. The normalized spacial score (nSPS) is 10.4. The van der Waals surface area contributed by atoms with E-state index in [1.54, 1.807) is 12.3 Å². The number of nitrogens with zero attached hydrogens (tertiary/aromatic N) is 2. The number of anilines is 1. The number of carbonyl (C=O) groups excluding carboxylic acids is 1. The van der Waals surface area contributed by atoms with E-state index in [0.717, 1.165) is 5.69 Å². The Morgan fingerprint density at radius 3 is 2.85 bits per heavy atom. The molecule has 8 heteroatoms. The van der Waals surface area contributed by atoms with Gasteiger partial charge in [0.15, 0.2) is 16.6 Å². The molecule has 0 aliphatic heterocycles. The lowest BCUT2D eigenvalue weighted by molar-refractivity contribution is 0.102. The fraction of sp³-hybridized carbons (Fsp3) is 0.167. The first-order valence-corrected chi connectivity index (χ1v) is 9.06. The van der Waals surface area contributed by atoms with E-state index >= 15 is 0 Å². The summed E-state index contributed by atoms with van der Waals surface area (Å²) >= 11 is 7.54. The number of hydrogen-bond acceptors (Lipinski definition) is 6. The van der Waals surface area contributed by atoms with Crippen molar-refractivity contribution in [3.8, 4) is 22.9 Å². The lowest BCUT2D eigenvalue weighted by atomic mass is 10.2. The molecule has 0 radical (unpaired) electrons. The van der Waals surface area contributed by atoms with Crippen LogP contribution in [0.4, 0.5) is 5.13 Å². The summed E-state index contributed by atoms with van der Waals surface area (Å²) in [5.74, 6) is 0.480. The van der Waals surface area contributed by atoms with E-state index < -0.39 is 0 Å². The summed E-state index contributed by atoms with van der Waals surface area (Å²) in [6.07, 6.45) is 1.70. The van der Waals surface area contributed by atoms with Crippen LogP contribution in [0.1, 0.15) is 17.3 Å². The predicted molar refractivity (Wildman–Crippen MR) is 102 cm³/mol. The molecule has 2 heterocycles. The van der Waals surface area contributed by atoms with Crippen molar-refractivity contribution in [3.63, 3.8) is 0 Å². The summed E-state index contributed by atoms with van der Waals surface area (Å²) in [6, 6.07) is 8.70. The molecule has 3 aromatic rings. The highest BCUT2D eigenvalue weighted by Gasteiger charge is 2.17. The van der Waals surface area contributed by atoms with Crippen molar-refractivity contribution in [1.82, 2.24) is 9.97 Å². The van der Waals surface area contributed by atoms with E-state index in [1.165, 1.54) is 24.5 Å². The molecule has 6 nitrogen and oxygen atoms in total. The molecule has 0 atom stereocenters. The number of benzene rings is 1. The molecule has 0 spiro atoms. The minimum absolute atomic E-state index is 0.310. The zero-order valence-electron chi connectivity index (χ0n) is 14.2. The minimum atomic E-state index is -0.338. The van der Waals surface area contributed by atoms with Gasteiger partial charge >= 0.3 is 0 Å². The molecule has 0 saturated carbocycles. The Morgan fingerprint density at radius 2 is 2.15 bits per heavy atom. The van der Waals surface area contributed by atoms with Gasteiger partial charge in [-0.05, 0) is 31.2 Å². The van der Waals surface area contributed by atoms with Gasteiger partial charge < -0.3 is 9.47 Å². The number of carbonyl (C=O) groups is 1. The molecule has 1 amide bonds. The van der Waals surface area contributed by atoms with E-state index in [-0.39, 0.29) is 5.91 Å². The number of aromatic nitrogens is 2. The number of rotatable bonds is 6. The summed E-state index contributed by atoms with van der Waals surface area (Å²) in [7, 11) is 1.50. The third kappa shape index (κ3) is 3.95. The van der Waals surface area contributed by atoms with Crippen molar-refractivity contribution in [1.29, 1.82) is 0 Å². The average molecular weight is 390 g/mol. The zero-order chi connectivity index (χ0) is 18.5. The van der Waals surface area contributed by atoms with E-state index in [0.29, 0.717) is 39.5 Å². The lowest BCUT2D eigenvalue weighted by Crippen LogP contribution is -2.12. The van der Waals surface area contributed by atoms with Gasteiger partial charge in [0.25, 0.3) is 5.91 Å². The van der Waals surface area contributed by atoms with Crippen molar-refractivity contribution in [2.24, 2.45) is 0 Å². The van der Waals surface area contributed by atoms with Gasteiger partial charge in [0.1, 0.15) is 5.69 Å². The second-order valence-electron chi connectivity index (χ2n) is 5.13. The number of methoxy groups -OCH3 is 1. The van der Waals surface area contributed by atoms with Crippen molar-refractivity contribution in [3.05, 3.63) is 52.5 Å². The Balaban J connectivity index is 1.80. The van der Waals surface area contributed by atoms with Crippen LogP contribution in [-0.4, -0.2) is 29.6 Å². The molecule has 1 N–H and O–H groups in total. The number of hydrogen-bond donors (Lipinski definition) is 1. The Kier molecular flexibility index (Phi) is 5.70. The maximum Gasteiger partial charge on any atom is 0.257 e. The first kappa shape index (κ1) is 18.2. The molecule has 0 fully saturated rings. The van der Waals surface area contributed by atoms with Crippen molar-refractivity contribution < 1.29 is 14.3 Å². The fourth-order valence-electron chi connectivity index (χ4n) is 2.27. The minimum Gasteiger partial charge on any atom is -0.493 e. The summed E-state index contributed by atoms with van der Waals surface area (Å²) in [6.45, 7) is 2.29. The topological polar surface area (TPSA) is 73.3 Å². The predicted octanol–water partition coefficient (Wildman–Crippen LogP) is 4.52. The SMILES string of the molecule is CCOc1c(Cl)cc(C(=O)Nc2nc(-c3ccccn3)cs2)cc1OC. The van der Waals surface area contributed by atoms with E-state index in [1.807, 2.05) is 30.5 Å². The smallest absolute Gasteiger partial charge is 0.257 e. The molecule has 0 saturated heterocycles. The van der Waals surface area contributed by atoms with E-state index in [9.17, 15) is 4.79 Å². The Labute approximate surface area is 159 Å². The number of ether oxygens (including phenoxy) is 2. The molecule has 1 aromatic carbocycles. The largest absolute Gasteiger partial charge is 0.493 e. The monoisotopic (exact) mass is 389 g/mol. The van der Waals surface area contributed by atoms with Gasteiger partial charge in [-0.2, -0.15) is 0 Å². The number of amides is 1. The Hall–Kier alpha value is -2.64. The van der Waals surface area contributed by atoms with Crippen LogP contribution in [0.3, 0.4) is 0 Å². The number of halogens is 1. The highest BCUT2D eigenvalue weighted by Crippen LogP contribution is 2.36. The molecule has 26 heavy (non-hydrogen) atoms. The van der Waals surface area contributed by atoms with Crippen molar-refractivity contribution in [2.45, 2.75) is 6.92 Å². The molecule has 134 valence electrons. The lowest BCUT2D eigenvalue weighted by Gasteiger charge is -2.12. The second kappa shape index (κ2) is 8.16. The van der Waals surface area contributed by atoms with E-state index in [2.05, 4.69) is 15.3 Å². The number of pyridine rings is 1. The Morgan fingerprint density at radius 1 is 1.31 bits per heavy atom. The standard InChI is InChI=1S/C18H16ClN3O3S/c1-3-25-16-12(19)8-11(9-15(16)24-2)17(23)22-18-21-14(10-26-18)13-6-4-5-7-20-13/h4-10H,3H2,1-2H3,(H,21,22,23). The van der Waals surface area contributed by atoms with Gasteiger partial charge in [0.05, 0.1) is 24.4 Å². The van der Waals surface area contributed by atoms with Crippen LogP contribution in [0.2, 0.25) is 5.02 Å². The molecule has 0 aliphatic carbocycles. The van der Waals surface area contributed by atoms with Crippen LogP contribution in [0, 0.1) is 0 Å². The third-order valence-electron chi connectivity index (χ3n) is 3.43. The molecule has 3 rings (SSSR count). The van der Waals surface area contributed by atoms with Gasteiger partial charge in [-0.3, -0.25) is 15.1 Å². The van der Waals surface area contributed by atoms with Gasteiger partial charge in [0.2, 0.25) is 0 Å². The molecule has 0 aliphatic rings. The van der Waals surface area contributed by atoms with Gasteiger partial charge in [0, 0.05) is 17.1 Å². The summed E-state index contributed by atoms with van der Waals surface area (Å²) in [4.78, 5) is 21.2. The van der Waals surface area contributed by atoms with Crippen LogP contribution in [0.15, 0.2) is 41.9 Å². The molecule has 2 aromatic heterocycles. The van der Waals surface area contributed by atoms with Gasteiger partial charge in [-0.15, -0.1) is 11.3 Å². The van der Waals surface area contributed by atoms with Crippen molar-refractivity contribution in [2.75, 3.05) is 19.0 Å². The van der Waals surface area contributed by atoms with Gasteiger partial charge in [-0.1, -0.05) is 17.7 Å². The quantitative estimate of drug-likeness (QED) is 0.671. The van der Waals surface area contributed by atoms with Crippen molar-refractivity contribution >= 4 is 34.0 Å². The third-order valence-corrected chi connectivity index (χ3v) is 4.47. The molecule has 0 unspecified atom stereocenters. The van der Waals surface area contributed by atoms with E-state index in [4.69, 9.17) is 21.1 Å². The van der Waals surface area contributed by atoms with Crippen LogP contribution in [-0.2, 0) is 0 Å². The van der Waals surface area contributed by atoms with Crippen LogP contribution in [0.25, 0.3) is 11.4 Å². The first-order valence-electron chi connectivity index (χ1n) is 7.81.